The van der Waals surface area contributed by atoms with Crippen molar-refractivity contribution in [2.24, 2.45) is 0 Å². The topological polar surface area (TPSA) is 66.5 Å². The van der Waals surface area contributed by atoms with Crippen LogP contribution in [-0.4, -0.2) is 20.9 Å². The number of carbonyl (C=O) groups excluding carboxylic acids is 1. The van der Waals surface area contributed by atoms with Gasteiger partial charge < -0.3 is 5.32 Å². The van der Waals surface area contributed by atoms with Gasteiger partial charge in [-0.25, -0.2) is 12.8 Å². The highest BCUT2D eigenvalue weighted by Crippen LogP contribution is 2.34. The van der Waals surface area contributed by atoms with Gasteiger partial charge in [0.15, 0.2) is 0 Å². The van der Waals surface area contributed by atoms with Crippen LogP contribution >= 0.6 is 11.3 Å². The van der Waals surface area contributed by atoms with E-state index in [0.29, 0.717) is 35.6 Å². The first-order valence-electron chi connectivity index (χ1n) is 8.71. The van der Waals surface area contributed by atoms with Crippen molar-refractivity contribution >= 4 is 38.6 Å². The molecule has 1 amide bonds. The zero-order valence-corrected chi connectivity index (χ0v) is 16.4. The van der Waals surface area contributed by atoms with Crippen molar-refractivity contribution in [1.82, 2.24) is 0 Å². The van der Waals surface area contributed by atoms with Crippen molar-refractivity contribution in [2.45, 2.75) is 17.7 Å². The Morgan fingerprint density at radius 3 is 2.61 bits per heavy atom. The Morgan fingerprint density at radius 1 is 1.11 bits per heavy atom. The van der Waals surface area contributed by atoms with Gasteiger partial charge in [-0.3, -0.25) is 9.10 Å². The fraction of sp³-hybridized carbons (Fsp3) is 0.150. The van der Waals surface area contributed by atoms with Crippen molar-refractivity contribution in [3.63, 3.8) is 0 Å². The third-order valence-corrected chi connectivity index (χ3v) is 7.26. The Hall–Kier alpha value is -2.71. The third kappa shape index (κ3) is 3.53. The fourth-order valence-corrected chi connectivity index (χ4v) is 5.38. The largest absolute Gasteiger partial charge is 0.321 e. The van der Waals surface area contributed by atoms with E-state index < -0.39 is 15.8 Å². The van der Waals surface area contributed by atoms with Gasteiger partial charge in [0.25, 0.3) is 15.9 Å². The maximum atomic E-state index is 13.2. The lowest BCUT2D eigenvalue weighted by Gasteiger charge is -2.30. The fourth-order valence-electron chi connectivity index (χ4n) is 3.22. The average molecular weight is 416 g/mol. The number of carbonyl (C=O) groups is 1. The molecule has 1 N–H and O–H groups in total. The first kappa shape index (κ1) is 18.6. The molecular formula is C20H17FN2O3S2. The first-order chi connectivity index (χ1) is 13.4. The summed E-state index contributed by atoms with van der Waals surface area (Å²) in [4.78, 5) is 12.9. The SMILES string of the molecule is O=C(Nc1ccc2c(c1)CCCN2S(=O)(=O)c1ccc(F)cc1)c1cccs1. The lowest BCUT2D eigenvalue weighted by molar-refractivity contribution is 0.103. The van der Waals surface area contributed by atoms with Crippen molar-refractivity contribution < 1.29 is 17.6 Å². The third-order valence-electron chi connectivity index (χ3n) is 4.56. The molecular weight excluding hydrogens is 399 g/mol. The highest BCUT2D eigenvalue weighted by atomic mass is 32.2. The Labute approximate surface area is 166 Å². The Bertz CT molecular complexity index is 1110. The van der Waals surface area contributed by atoms with E-state index in [4.69, 9.17) is 0 Å². The maximum absolute atomic E-state index is 13.2. The molecule has 144 valence electrons. The molecule has 0 saturated carbocycles. The zero-order valence-electron chi connectivity index (χ0n) is 14.8. The predicted molar refractivity (Wildman–Crippen MR) is 108 cm³/mol. The molecule has 0 saturated heterocycles. The van der Waals surface area contributed by atoms with Gasteiger partial charge in [0.2, 0.25) is 0 Å². The predicted octanol–water partition coefficient (Wildman–Crippen LogP) is 4.28. The van der Waals surface area contributed by atoms with Gasteiger partial charge in [-0.05, 0) is 72.3 Å². The van der Waals surface area contributed by atoms with Gasteiger partial charge in [0.05, 0.1) is 15.5 Å². The van der Waals surface area contributed by atoms with Crippen LogP contribution in [0.15, 0.2) is 64.9 Å². The van der Waals surface area contributed by atoms with Gasteiger partial charge in [-0.1, -0.05) is 6.07 Å². The Balaban J connectivity index is 1.63. The minimum absolute atomic E-state index is 0.0526. The highest BCUT2D eigenvalue weighted by molar-refractivity contribution is 7.92. The highest BCUT2D eigenvalue weighted by Gasteiger charge is 2.29. The lowest BCUT2D eigenvalue weighted by atomic mass is 10.0. The number of rotatable bonds is 4. The van der Waals surface area contributed by atoms with Crippen LogP contribution in [0.1, 0.15) is 21.7 Å². The summed E-state index contributed by atoms with van der Waals surface area (Å²) in [5.74, 6) is -0.675. The van der Waals surface area contributed by atoms with E-state index in [1.807, 2.05) is 17.5 Å². The summed E-state index contributed by atoms with van der Waals surface area (Å²) in [5, 5.41) is 4.68. The zero-order chi connectivity index (χ0) is 19.7. The number of anilines is 2. The molecule has 8 heteroatoms. The second-order valence-corrected chi connectivity index (χ2v) is 9.22. The standard InChI is InChI=1S/C20H17FN2O3S2/c21-15-5-8-17(9-6-15)28(25,26)23-11-1-3-14-13-16(7-10-18(14)23)22-20(24)19-4-2-12-27-19/h2,4-10,12-13H,1,3,11H2,(H,22,24). The number of amides is 1. The minimum Gasteiger partial charge on any atom is -0.321 e. The summed E-state index contributed by atoms with van der Waals surface area (Å²) in [5.41, 5.74) is 2.06. The van der Waals surface area contributed by atoms with Crippen LogP contribution in [0.25, 0.3) is 0 Å². The molecule has 3 aromatic rings. The van der Waals surface area contributed by atoms with E-state index in [9.17, 15) is 17.6 Å². The molecule has 2 aromatic carbocycles. The molecule has 0 bridgehead atoms. The number of thiophene rings is 1. The molecule has 0 spiro atoms. The van der Waals surface area contributed by atoms with Crippen molar-refractivity contribution in [1.29, 1.82) is 0 Å². The number of nitrogens with one attached hydrogen (secondary N) is 1. The Morgan fingerprint density at radius 2 is 1.89 bits per heavy atom. The number of fused-ring (bicyclic) bond motifs is 1. The van der Waals surface area contributed by atoms with Crippen molar-refractivity contribution in [3.8, 4) is 0 Å². The van der Waals surface area contributed by atoms with Crippen molar-refractivity contribution in [3.05, 3.63) is 76.2 Å². The molecule has 1 aliphatic rings. The van der Waals surface area contributed by atoms with E-state index in [2.05, 4.69) is 5.32 Å². The molecule has 4 rings (SSSR count). The average Bonchev–Trinajstić information content (AvgIpc) is 3.22. The summed E-state index contributed by atoms with van der Waals surface area (Å²) < 4.78 is 40.5. The summed E-state index contributed by atoms with van der Waals surface area (Å²) in [6.07, 6.45) is 1.38. The van der Waals surface area contributed by atoms with Gasteiger partial charge in [0.1, 0.15) is 5.82 Å². The van der Waals surface area contributed by atoms with Crippen LogP contribution in [0, 0.1) is 5.82 Å². The Kier molecular flexibility index (Phi) is 4.91. The maximum Gasteiger partial charge on any atom is 0.265 e. The molecule has 0 radical (unpaired) electrons. The van der Waals surface area contributed by atoms with Crippen LogP contribution in [-0.2, 0) is 16.4 Å². The molecule has 0 fully saturated rings. The van der Waals surface area contributed by atoms with E-state index in [-0.39, 0.29) is 10.8 Å². The van der Waals surface area contributed by atoms with Crippen LogP contribution in [0.5, 0.6) is 0 Å². The molecule has 28 heavy (non-hydrogen) atoms. The molecule has 2 heterocycles. The van der Waals surface area contributed by atoms with E-state index in [1.165, 1.54) is 27.8 Å². The van der Waals surface area contributed by atoms with Crippen LogP contribution in [0.2, 0.25) is 0 Å². The molecule has 5 nitrogen and oxygen atoms in total. The van der Waals surface area contributed by atoms with Crippen LogP contribution in [0.4, 0.5) is 15.8 Å². The number of aryl methyl sites for hydroxylation is 1. The normalized spacial score (nSPS) is 13.8. The smallest absolute Gasteiger partial charge is 0.265 e. The summed E-state index contributed by atoms with van der Waals surface area (Å²) in [7, 11) is -3.78. The molecule has 0 unspecified atom stereocenters. The van der Waals surface area contributed by atoms with Gasteiger partial charge in [-0.2, -0.15) is 0 Å². The van der Waals surface area contributed by atoms with Gasteiger partial charge in [0, 0.05) is 12.2 Å². The molecule has 0 aliphatic carbocycles. The summed E-state index contributed by atoms with van der Waals surface area (Å²) >= 11 is 1.36. The van der Waals surface area contributed by atoms with Crippen LogP contribution < -0.4 is 9.62 Å². The van der Waals surface area contributed by atoms with E-state index in [0.717, 1.165) is 17.7 Å². The molecule has 1 aromatic heterocycles. The van der Waals surface area contributed by atoms with E-state index >= 15 is 0 Å². The summed E-state index contributed by atoms with van der Waals surface area (Å²) in [6.45, 7) is 0.355. The number of benzene rings is 2. The second-order valence-electron chi connectivity index (χ2n) is 6.41. The number of sulfonamides is 1. The van der Waals surface area contributed by atoms with Gasteiger partial charge in [-0.15, -0.1) is 11.3 Å². The van der Waals surface area contributed by atoms with Crippen LogP contribution in [0.3, 0.4) is 0 Å². The summed E-state index contributed by atoms with van der Waals surface area (Å²) in [6, 6.07) is 13.6. The first-order valence-corrected chi connectivity index (χ1v) is 11.0. The molecule has 1 aliphatic heterocycles. The van der Waals surface area contributed by atoms with Gasteiger partial charge >= 0.3 is 0 Å². The lowest BCUT2D eigenvalue weighted by Crippen LogP contribution is -2.35. The number of hydrogen-bond donors (Lipinski definition) is 1. The minimum atomic E-state index is -3.78. The number of hydrogen-bond acceptors (Lipinski definition) is 4. The second kappa shape index (κ2) is 7.37. The molecule has 0 atom stereocenters. The monoisotopic (exact) mass is 416 g/mol. The van der Waals surface area contributed by atoms with E-state index in [1.54, 1.807) is 18.2 Å². The quantitative estimate of drug-likeness (QED) is 0.690. The number of nitrogens with zero attached hydrogens (tertiary/aromatic N) is 1. The number of halogens is 1. The van der Waals surface area contributed by atoms with Crippen molar-refractivity contribution in [2.75, 3.05) is 16.2 Å².